The molecule has 0 saturated carbocycles. The fourth-order valence-electron chi connectivity index (χ4n) is 1.44. The second-order valence-corrected chi connectivity index (χ2v) is 18.2. The maximum atomic E-state index is 2.37. The van der Waals surface area contributed by atoms with Crippen molar-refractivity contribution in [1.82, 2.24) is 0 Å². The van der Waals surface area contributed by atoms with Gasteiger partial charge in [0.2, 0.25) is 0 Å². The van der Waals surface area contributed by atoms with Crippen LogP contribution in [-0.4, -0.2) is 82.0 Å². The van der Waals surface area contributed by atoms with Gasteiger partial charge in [-0.1, -0.05) is 0 Å². The van der Waals surface area contributed by atoms with Crippen LogP contribution in [-0.2, 0) is 0 Å². The quantitative estimate of drug-likeness (QED) is 0.391. The van der Waals surface area contributed by atoms with Gasteiger partial charge in [-0.3, -0.25) is 0 Å². The van der Waals surface area contributed by atoms with Crippen LogP contribution < -0.4 is 0 Å². The second-order valence-electron chi connectivity index (χ2n) is 4.11. The molecule has 3 fully saturated rings. The Labute approximate surface area is 136 Å². The Bertz CT molecular complexity index is 211. The molecule has 6 heteroatoms. The Hall–Kier alpha value is 2.98. The molecule has 16 heavy (non-hydrogen) atoms. The third-order valence-corrected chi connectivity index (χ3v) is 22.3. The standard InChI is InChI=1S/C10H16S4Te2/c1-7(11-1)3-13-9-5-15-6-10(16-9)14-4-8-2-12-8/h7-10H,1-6H2. The molecule has 0 radical (unpaired) electrons. The summed E-state index contributed by atoms with van der Waals surface area (Å²) in [5.74, 6) is 5.91. The summed E-state index contributed by atoms with van der Waals surface area (Å²) < 4.78 is 5.74. The Kier molecular flexibility index (Phi) is 6.20. The first kappa shape index (κ1) is 13.9. The average molecular weight is 520 g/mol. The third kappa shape index (κ3) is 5.16. The molecule has 0 spiro atoms. The summed E-state index contributed by atoms with van der Waals surface area (Å²) in [5, 5.41) is 2.13. The van der Waals surface area contributed by atoms with Crippen LogP contribution in [0.4, 0.5) is 0 Å². The molecule has 0 aromatic carbocycles. The van der Waals surface area contributed by atoms with E-state index in [2.05, 4.69) is 47.0 Å². The van der Waals surface area contributed by atoms with Gasteiger partial charge in [-0.25, -0.2) is 0 Å². The van der Waals surface area contributed by atoms with E-state index in [4.69, 9.17) is 0 Å². The number of rotatable bonds is 6. The molecular formula is C10H16S4Te2. The maximum absolute atomic E-state index is 2.37. The first-order valence-corrected chi connectivity index (χ1v) is 15.8. The van der Waals surface area contributed by atoms with Gasteiger partial charge in [0.25, 0.3) is 0 Å². The van der Waals surface area contributed by atoms with Gasteiger partial charge in [-0.05, 0) is 0 Å². The number of hydrogen-bond acceptors (Lipinski definition) is 4. The average Bonchev–Trinajstić information content (AvgIpc) is 3.17. The zero-order chi connectivity index (χ0) is 10.8. The summed E-state index contributed by atoms with van der Waals surface area (Å²) in [5.41, 5.74) is 0. The SMILES string of the molecule is C1SC1CSC1C[Te]CC(SCC2CS2)[Te]1. The van der Waals surface area contributed by atoms with Gasteiger partial charge in [0.1, 0.15) is 0 Å². The van der Waals surface area contributed by atoms with Gasteiger partial charge in [0.05, 0.1) is 0 Å². The molecule has 3 aliphatic rings. The number of hydrogen-bond donors (Lipinski definition) is 0. The normalized spacial score (nSPS) is 42.0. The molecule has 0 bridgehead atoms. The zero-order valence-corrected chi connectivity index (χ0v) is 16.9. The topological polar surface area (TPSA) is 0 Å². The molecule has 92 valence electrons. The molecule has 0 aromatic heterocycles. The predicted octanol–water partition coefficient (Wildman–Crippen LogP) is 2.59. The van der Waals surface area contributed by atoms with Crippen LogP contribution in [0.2, 0.25) is 8.94 Å². The van der Waals surface area contributed by atoms with E-state index >= 15 is 0 Å². The molecule has 4 unspecified atom stereocenters. The summed E-state index contributed by atoms with van der Waals surface area (Å²) in [4.78, 5) is 0. The first-order valence-electron chi connectivity index (χ1n) is 5.60. The van der Waals surface area contributed by atoms with Crippen LogP contribution in [0.1, 0.15) is 0 Å². The van der Waals surface area contributed by atoms with E-state index in [1.165, 1.54) is 29.6 Å². The predicted molar refractivity (Wildman–Crippen MR) is 86.1 cm³/mol. The van der Waals surface area contributed by atoms with Gasteiger partial charge in [-0.2, -0.15) is 0 Å². The molecule has 0 aromatic rings. The van der Waals surface area contributed by atoms with Crippen molar-refractivity contribution in [3.05, 3.63) is 0 Å². The molecule has 3 rings (SSSR count). The molecular weight excluding hydrogens is 504 g/mol. The Balaban J connectivity index is 1.34. The molecule has 0 aliphatic carbocycles. The van der Waals surface area contributed by atoms with E-state index in [0.29, 0.717) is 41.8 Å². The zero-order valence-electron chi connectivity index (χ0n) is 9.00. The minimum absolute atomic E-state index is 0.329. The van der Waals surface area contributed by atoms with Crippen molar-refractivity contribution in [3.63, 3.8) is 0 Å². The van der Waals surface area contributed by atoms with Gasteiger partial charge < -0.3 is 0 Å². The van der Waals surface area contributed by atoms with Crippen molar-refractivity contribution in [2.45, 2.75) is 26.0 Å². The van der Waals surface area contributed by atoms with Crippen molar-refractivity contribution in [1.29, 1.82) is 0 Å². The van der Waals surface area contributed by atoms with Crippen molar-refractivity contribution >= 4 is 88.9 Å². The Morgan fingerprint density at radius 2 is 1.44 bits per heavy atom. The van der Waals surface area contributed by atoms with Crippen LogP contribution in [0, 0.1) is 0 Å². The van der Waals surface area contributed by atoms with E-state index in [9.17, 15) is 0 Å². The van der Waals surface area contributed by atoms with Crippen molar-refractivity contribution < 1.29 is 0 Å². The molecule has 3 saturated heterocycles. The Morgan fingerprint density at radius 1 is 0.938 bits per heavy atom. The third-order valence-electron chi connectivity index (χ3n) is 2.55. The van der Waals surface area contributed by atoms with E-state index < -0.39 is 0 Å². The summed E-state index contributed by atoms with van der Waals surface area (Å²) in [7, 11) is 0. The Morgan fingerprint density at radius 3 is 1.88 bits per heavy atom. The minimum atomic E-state index is 0.329. The monoisotopic (exact) mass is 524 g/mol. The summed E-state index contributed by atoms with van der Waals surface area (Å²) in [6.07, 6.45) is 0. The molecule has 3 aliphatic heterocycles. The molecule has 4 atom stereocenters. The van der Waals surface area contributed by atoms with Crippen molar-refractivity contribution in [2.24, 2.45) is 0 Å². The van der Waals surface area contributed by atoms with Crippen LogP contribution in [0.25, 0.3) is 0 Å². The second kappa shape index (κ2) is 7.12. The molecule has 0 N–H and O–H groups in total. The number of thioether (sulfide) groups is 4. The molecule has 0 amide bonds. The van der Waals surface area contributed by atoms with E-state index in [1.54, 1.807) is 8.94 Å². The fourth-order valence-corrected chi connectivity index (χ4v) is 22.4. The fraction of sp³-hybridized carbons (Fsp3) is 1.00. The summed E-state index contributed by atoms with van der Waals surface area (Å²) >= 11 is 9.84. The first-order chi connectivity index (χ1) is 7.90. The van der Waals surface area contributed by atoms with E-state index in [1.807, 2.05) is 0 Å². The van der Waals surface area contributed by atoms with Crippen molar-refractivity contribution in [2.75, 3.05) is 23.0 Å². The van der Waals surface area contributed by atoms with Crippen LogP contribution in [0.3, 0.4) is 0 Å². The van der Waals surface area contributed by atoms with Gasteiger partial charge in [-0.15, -0.1) is 0 Å². The summed E-state index contributed by atoms with van der Waals surface area (Å²) in [6.45, 7) is 0. The molecule has 3 heterocycles. The molecule has 0 nitrogen and oxygen atoms in total. The van der Waals surface area contributed by atoms with Crippen molar-refractivity contribution in [3.8, 4) is 0 Å². The van der Waals surface area contributed by atoms with Crippen LogP contribution in [0.5, 0.6) is 0 Å². The van der Waals surface area contributed by atoms with Gasteiger partial charge >= 0.3 is 138 Å². The van der Waals surface area contributed by atoms with Crippen LogP contribution in [0.15, 0.2) is 0 Å². The van der Waals surface area contributed by atoms with E-state index in [-0.39, 0.29) is 0 Å². The van der Waals surface area contributed by atoms with Crippen LogP contribution >= 0.6 is 47.0 Å². The van der Waals surface area contributed by atoms with E-state index in [0.717, 1.165) is 10.5 Å². The van der Waals surface area contributed by atoms with Gasteiger partial charge in [0.15, 0.2) is 0 Å². The van der Waals surface area contributed by atoms with Gasteiger partial charge in [0, 0.05) is 0 Å². The summed E-state index contributed by atoms with van der Waals surface area (Å²) in [6, 6.07) is 0.